The Kier molecular flexibility index (Phi) is 2.87. The summed E-state index contributed by atoms with van der Waals surface area (Å²) < 4.78 is 46.2. The van der Waals surface area contributed by atoms with E-state index in [1.807, 2.05) is 0 Å². The SMILES string of the molecule is CC(C)/C(F)=C/C(F)(F)F. The third-order valence-electron chi connectivity index (χ3n) is 0.853. The fourth-order valence-electron chi connectivity index (χ4n) is 0.323. The topological polar surface area (TPSA) is 0 Å². The maximum absolute atomic E-state index is 12.2. The van der Waals surface area contributed by atoms with Crippen LogP contribution < -0.4 is 0 Å². The highest BCUT2D eigenvalue weighted by atomic mass is 19.4. The maximum atomic E-state index is 12.2. The van der Waals surface area contributed by atoms with Crippen LogP contribution in [0.2, 0.25) is 0 Å². The second-order valence-corrected chi connectivity index (χ2v) is 2.23. The summed E-state index contributed by atoms with van der Waals surface area (Å²) in [5.74, 6) is -1.82. The van der Waals surface area contributed by atoms with E-state index in [-0.39, 0.29) is 6.08 Å². The Morgan fingerprint density at radius 1 is 1.30 bits per heavy atom. The van der Waals surface area contributed by atoms with Gasteiger partial charge in [-0.25, -0.2) is 4.39 Å². The molecule has 0 aromatic carbocycles. The molecule has 0 aromatic rings. The van der Waals surface area contributed by atoms with Crippen LogP contribution in [0.3, 0.4) is 0 Å². The lowest BCUT2D eigenvalue weighted by Crippen LogP contribution is -2.04. The van der Waals surface area contributed by atoms with Crippen molar-refractivity contribution in [3.8, 4) is 0 Å². The molecule has 0 aromatic heterocycles. The van der Waals surface area contributed by atoms with Gasteiger partial charge in [0.1, 0.15) is 5.83 Å². The molecule has 0 N–H and O–H groups in total. The third kappa shape index (κ3) is 4.35. The second kappa shape index (κ2) is 3.03. The molecule has 0 rings (SSSR count). The van der Waals surface area contributed by atoms with Crippen LogP contribution in [0.25, 0.3) is 0 Å². The molecule has 0 saturated carbocycles. The van der Waals surface area contributed by atoms with E-state index in [2.05, 4.69) is 0 Å². The van der Waals surface area contributed by atoms with E-state index in [4.69, 9.17) is 0 Å². The van der Waals surface area contributed by atoms with Gasteiger partial charge in [0, 0.05) is 5.92 Å². The van der Waals surface area contributed by atoms with Gasteiger partial charge in [-0.3, -0.25) is 0 Å². The van der Waals surface area contributed by atoms with Gasteiger partial charge in [0.05, 0.1) is 6.08 Å². The van der Waals surface area contributed by atoms with Gasteiger partial charge in [-0.2, -0.15) is 13.2 Å². The summed E-state index contributed by atoms with van der Waals surface area (Å²) >= 11 is 0. The molecule has 0 bridgehead atoms. The van der Waals surface area contributed by atoms with Crippen molar-refractivity contribution in [3.63, 3.8) is 0 Å². The predicted molar refractivity (Wildman–Crippen MR) is 30.1 cm³/mol. The molecule has 0 unspecified atom stereocenters. The number of halogens is 4. The van der Waals surface area contributed by atoms with E-state index in [0.29, 0.717) is 0 Å². The number of allylic oxidation sites excluding steroid dienone is 2. The first-order chi connectivity index (χ1) is 4.33. The summed E-state index contributed by atoms with van der Waals surface area (Å²) in [7, 11) is 0. The van der Waals surface area contributed by atoms with Crippen LogP contribution >= 0.6 is 0 Å². The largest absolute Gasteiger partial charge is 0.412 e. The smallest absolute Gasteiger partial charge is 0.212 e. The molecule has 0 atom stereocenters. The van der Waals surface area contributed by atoms with Crippen LogP contribution in [0.4, 0.5) is 17.6 Å². The molecular weight excluding hydrogens is 148 g/mol. The number of hydrogen-bond acceptors (Lipinski definition) is 0. The Morgan fingerprint density at radius 3 is 1.80 bits per heavy atom. The Labute approximate surface area is 56.5 Å². The van der Waals surface area contributed by atoms with E-state index in [9.17, 15) is 17.6 Å². The van der Waals surface area contributed by atoms with Crippen LogP contribution in [0.1, 0.15) is 13.8 Å². The average molecular weight is 156 g/mol. The van der Waals surface area contributed by atoms with Gasteiger partial charge in [-0.1, -0.05) is 13.8 Å². The highest BCUT2D eigenvalue weighted by Gasteiger charge is 2.25. The molecule has 60 valence electrons. The van der Waals surface area contributed by atoms with E-state index < -0.39 is 17.9 Å². The summed E-state index contributed by atoms with van der Waals surface area (Å²) in [6, 6.07) is 0. The zero-order chi connectivity index (χ0) is 8.36. The minimum atomic E-state index is -4.53. The molecule has 0 aliphatic rings. The van der Waals surface area contributed by atoms with Crippen molar-refractivity contribution in [1.82, 2.24) is 0 Å². The van der Waals surface area contributed by atoms with E-state index in [1.54, 1.807) is 0 Å². The molecule has 10 heavy (non-hydrogen) atoms. The average Bonchev–Trinajstić information content (AvgIpc) is 1.60. The fourth-order valence-corrected chi connectivity index (χ4v) is 0.323. The van der Waals surface area contributed by atoms with Gasteiger partial charge >= 0.3 is 6.18 Å². The lowest BCUT2D eigenvalue weighted by molar-refractivity contribution is -0.0818. The van der Waals surface area contributed by atoms with Gasteiger partial charge in [0.25, 0.3) is 0 Å². The standard InChI is InChI=1S/C6H8F4/c1-4(2)5(7)3-6(8,9)10/h3-4H,1-2H3/b5-3-. The summed E-state index contributed by atoms with van der Waals surface area (Å²) in [6.45, 7) is 2.72. The first-order valence-corrected chi connectivity index (χ1v) is 2.78. The minimum absolute atomic E-state index is 0.322. The lowest BCUT2D eigenvalue weighted by atomic mass is 10.2. The number of alkyl halides is 3. The Morgan fingerprint density at radius 2 is 1.70 bits per heavy atom. The van der Waals surface area contributed by atoms with Gasteiger partial charge in [-0.15, -0.1) is 0 Å². The number of rotatable bonds is 1. The maximum Gasteiger partial charge on any atom is 0.412 e. The fraction of sp³-hybridized carbons (Fsp3) is 0.667. The predicted octanol–water partition coefficient (Wildman–Crippen LogP) is 3.06. The molecule has 0 radical (unpaired) electrons. The number of hydrogen-bond donors (Lipinski definition) is 0. The van der Waals surface area contributed by atoms with Crippen molar-refractivity contribution in [2.24, 2.45) is 5.92 Å². The van der Waals surface area contributed by atoms with E-state index in [0.717, 1.165) is 0 Å². The Balaban J connectivity index is 4.17. The normalized spacial score (nSPS) is 14.5. The van der Waals surface area contributed by atoms with Crippen LogP contribution in [0.5, 0.6) is 0 Å². The molecule has 0 nitrogen and oxygen atoms in total. The Hall–Kier alpha value is -0.540. The zero-order valence-electron chi connectivity index (χ0n) is 5.67. The quantitative estimate of drug-likeness (QED) is 0.512. The molecule has 0 spiro atoms. The minimum Gasteiger partial charge on any atom is -0.212 e. The van der Waals surface area contributed by atoms with Crippen molar-refractivity contribution < 1.29 is 17.6 Å². The van der Waals surface area contributed by atoms with Crippen LogP contribution in [-0.2, 0) is 0 Å². The molecular formula is C6H8F4. The van der Waals surface area contributed by atoms with Crippen molar-refractivity contribution in [1.29, 1.82) is 0 Å². The van der Waals surface area contributed by atoms with Crippen molar-refractivity contribution in [2.45, 2.75) is 20.0 Å². The second-order valence-electron chi connectivity index (χ2n) is 2.23. The molecule has 0 aliphatic carbocycles. The summed E-state index contributed by atoms with van der Waals surface area (Å²) in [5.41, 5.74) is 0. The third-order valence-corrected chi connectivity index (χ3v) is 0.853. The summed E-state index contributed by atoms with van der Waals surface area (Å²) in [5, 5.41) is 0. The van der Waals surface area contributed by atoms with E-state index in [1.165, 1.54) is 13.8 Å². The Bertz CT molecular complexity index is 131. The van der Waals surface area contributed by atoms with Crippen LogP contribution in [0, 0.1) is 5.92 Å². The van der Waals surface area contributed by atoms with Gasteiger partial charge < -0.3 is 0 Å². The monoisotopic (exact) mass is 156 g/mol. The summed E-state index contributed by atoms with van der Waals surface area (Å²) in [4.78, 5) is 0. The van der Waals surface area contributed by atoms with Crippen LogP contribution in [0.15, 0.2) is 11.9 Å². The molecule has 0 heterocycles. The van der Waals surface area contributed by atoms with Gasteiger partial charge in [0.15, 0.2) is 0 Å². The highest BCUT2D eigenvalue weighted by Crippen LogP contribution is 2.22. The van der Waals surface area contributed by atoms with Crippen molar-refractivity contribution in [2.75, 3.05) is 0 Å². The van der Waals surface area contributed by atoms with Crippen molar-refractivity contribution >= 4 is 0 Å². The van der Waals surface area contributed by atoms with Gasteiger partial charge in [0.2, 0.25) is 0 Å². The first kappa shape index (κ1) is 9.46. The van der Waals surface area contributed by atoms with Crippen molar-refractivity contribution in [3.05, 3.63) is 11.9 Å². The highest BCUT2D eigenvalue weighted by molar-refractivity contribution is 4.98. The zero-order valence-corrected chi connectivity index (χ0v) is 5.67. The van der Waals surface area contributed by atoms with Gasteiger partial charge in [-0.05, 0) is 0 Å². The molecule has 0 saturated heterocycles. The summed E-state index contributed by atoms with van der Waals surface area (Å²) in [6.07, 6.45) is -4.86. The van der Waals surface area contributed by atoms with Crippen LogP contribution in [-0.4, -0.2) is 6.18 Å². The molecule has 4 heteroatoms. The molecule has 0 aliphatic heterocycles. The lowest BCUT2D eigenvalue weighted by Gasteiger charge is -2.02. The molecule has 0 fully saturated rings. The van der Waals surface area contributed by atoms with E-state index >= 15 is 0 Å². The molecule has 0 amide bonds. The first-order valence-electron chi connectivity index (χ1n) is 2.78.